The quantitative estimate of drug-likeness (QED) is 0.916. The number of hydrogen-bond acceptors (Lipinski definition) is 2. The average Bonchev–Trinajstić information content (AvgIpc) is 2.91. The molecule has 3 rings (SSSR count). The van der Waals surface area contributed by atoms with Gasteiger partial charge in [0.1, 0.15) is 5.69 Å². The first-order valence-corrected chi connectivity index (χ1v) is 6.82. The topological polar surface area (TPSA) is 62.5 Å². The summed E-state index contributed by atoms with van der Waals surface area (Å²) < 4.78 is 1.75. The molecule has 1 amide bonds. The normalized spacial score (nSPS) is 17.4. The van der Waals surface area contributed by atoms with Gasteiger partial charge in [-0.3, -0.25) is 9.59 Å². The summed E-state index contributed by atoms with van der Waals surface area (Å²) in [6, 6.07) is 11.0. The molecule has 0 spiro atoms. The van der Waals surface area contributed by atoms with E-state index in [0.717, 1.165) is 11.3 Å². The second-order valence-corrected chi connectivity index (χ2v) is 5.29. The highest BCUT2D eigenvalue weighted by Gasteiger charge is 2.33. The zero-order chi connectivity index (χ0) is 15.0. The first-order valence-electron chi connectivity index (χ1n) is 6.82. The van der Waals surface area contributed by atoms with Crippen LogP contribution in [-0.4, -0.2) is 28.1 Å². The van der Waals surface area contributed by atoms with Crippen molar-refractivity contribution in [1.29, 1.82) is 0 Å². The van der Waals surface area contributed by atoms with Gasteiger partial charge in [0.25, 0.3) is 5.91 Å². The third-order valence-corrected chi connectivity index (χ3v) is 3.91. The summed E-state index contributed by atoms with van der Waals surface area (Å²) in [5.41, 5.74) is 2.26. The molecule has 21 heavy (non-hydrogen) atoms. The SMILES string of the molecule is Cn1cccc1C(=O)N1CC(C(=O)O)Cc2ccccc21. The monoisotopic (exact) mass is 284 g/mol. The molecule has 0 saturated carbocycles. The van der Waals surface area contributed by atoms with Crippen molar-refractivity contribution in [3.8, 4) is 0 Å². The Kier molecular flexibility index (Phi) is 3.25. The molecule has 0 bridgehead atoms. The van der Waals surface area contributed by atoms with Crippen molar-refractivity contribution in [3.63, 3.8) is 0 Å². The molecule has 1 N–H and O–H groups in total. The number of hydrogen-bond donors (Lipinski definition) is 1. The molecule has 0 fully saturated rings. The third kappa shape index (κ3) is 2.31. The van der Waals surface area contributed by atoms with Gasteiger partial charge < -0.3 is 14.6 Å². The van der Waals surface area contributed by atoms with E-state index in [-0.39, 0.29) is 12.5 Å². The number of carbonyl (C=O) groups is 2. The van der Waals surface area contributed by atoms with Crippen molar-refractivity contribution in [2.24, 2.45) is 13.0 Å². The van der Waals surface area contributed by atoms with E-state index in [2.05, 4.69) is 0 Å². The fourth-order valence-corrected chi connectivity index (χ4v) is 2.77. The number of para-hydroxylation sites is 1. The summed E-state index contributed by atoms with van der Waals surface area (Å²) in [6.45, 7) is 0.205. The molecule has 1 aliphatic rings. The predicted octanol–water partition coefficient (Wildman–Crippen LogP) is 1.93. The molecule has 5 nitrogen and oxygen atoms in total. The number of anilines is 1. The summed E-state index contributed by atoms with van der Waals surface area (Å²) in [5.74, 6) is -1.60. The molecular weight excluding hydrogens is 268 g/mol. The van der Waals surface area contributed by atoms with E-state index in [1.165, 1.54) is 0 Å². The van der Waals surface area contributed by atoms with E-state index in [4.69, 9.17) is 0 Å². The highest BCUT2D eigenvalue weighted by molar-refractivity contribution is 6.06. The van der Waals surface area contributed by atoms with Gasteiger partial charge in [0.2, 0.25) is 0 Å². The Hall–Kier alpha value is -2.56. The number of carbonyl (C=O) groups excluding carboxylic acids is 1. The molecule has 5 heteroatoms. The Morgan fingerprint density at radius 2 is 1.95 bits per heavy atom. The smallest absolute Gasteiger partial charge is 0.308 e. The number of benzene rings is 1. The first kappa shape index (κ1) is 13.4. The van der Waals surface area contributed by atoms with E-state index in [1.54, 1.807) is 34.8 Å². The number of aliphatic carboxylic acids is 1. The standard InChI is InChI=1S/C16H16N2O3/c1-17-8-4-7-14(17)15(19)18-10-12(16(20)21)9-11-5-2-3-6-13(11)18/h2-8,12H,9-10H2,1H3,(H,20,21). The van der Waals surface area contributed by atoms with Crippen molar-refractivity contribution in [2.45, 2.75) is 6.42 Å². The van der Waals surface area contributed by atoms with E-state index in [0.29, 0.717) is 12.1 Å². The predicted molar refractivity (Wildman–Crippen MR) is 78.4 cm³/mol. The van der Waals surface area contributed by atoms with Gasteiger partial charge in [-0.1, -0.05) is 18.2 Å². The van der Waals surface area contributed by atoms with Crippen molar-refractivity contribution >= 4 is 17.6 Å². The Morgan fingerprint density at radius 1 is 1.19 bits per heavy atom. The lowest BCUT2D eigenvalue weighted by Crippen LogP contribution is -2.43. The summed E-state index contributed by atoms with van der Waals surface area (Å²) >= 11 is 0. The Bertz CT molecular complexity index is 705. The number of aryl methyl sites for hydroxylation is 1. The van der Waals surface area contributed by atoms with Crippen LogP contribution in [0.1, 0.15) is 16.1 Å². The van der Waals surface area contributed by atoms with Crippen LogP contribution in [-0.2, 0) is 18.3 Å². The van der Waals surface area contributed by atoms with E-state index in [1.807, 2.05) is 24.3 Å². The molecule has 1 atom stereocenters. The molecule has 1 unspecified atom stereocenters. The Morgan fingerprint density at radius 3 is 2.62 bits per heavy atom. The molecule has 108 valence electrons. The zero-order valence-corrected chi connectivity index (χ0v) is 11.7. The van der Waals surface area contributed by atoms with Gasteiger partial charge in [-0.05, 0) is 30.2 Å². The minimum atomic E-state index is -0.866. The summed E-state index contributed by atoms with van der Waals surface area (Å²) in [4.78, 5) is 25.6. The van der Waals surface area contributed by atoms with Crippen molar-refractivity contribution in [3.05, 3.63) is 53.9 Å². The molecule has 1 aromatic carbocycles. The number of carboxylic acids is 1. The molecule has 0 aliphatic carbocycles. The van der Waals surface area contributed by atoms with Crippen LogP contribution >= 0.6 is 0 Å². The molecule has 2 heterocycles. The maximum Gasteiger partial charge on any atom is 0.308 e. The van der Waals surface area contributed by atoms with Gasteiger partial charge in [0.15, 0.2) is 0 Å². The number of aromatic nitrogens is 1. The summed E-state index contributed by atoms with van der Waals surface area (Å²) in [7, 11) is 1.80. The van der Waals surface area contributed by atoms with Crippen molar-refractivity contribution < 1.29 is 14.7 Å². The lowest BCUT2D eigenvalue weighted by molar-refractivity contribution is -0.141. The second-order valence-electron chi connectivity index (χ2n) is 5.29. The van der Waals surface area contributed by atoms with Crippen LogP contribution in [0, 0.1) is 5.92 Å². The molecule has 2 aromatic rings. The van der Waals surface area contributed by atoms with Gasteiger partial charge >= 0.3 is 5.97 Å². The lowest BCUT2D eigenvalue weighted by atomic mass is 9.92. The zero-order valence-electron chi connectivity index (χ0n) is 11.7. The van der Waals surface area contributed by atoms with E-state index < -0.39 is 11.9 Å². The lowest BCUT2D eigenvalue weighted by Gasteiger charge is -2.33. The number of carboxylic acid groups (broad SMARTS) is 1. The maximum atomic E-state index is 12.7. The highest BCUT2D eigenvalue weighted by atomic mass is 16.4. The first-order chi connectivity index (χ1) is 10.1. The van der Waals surface area contributed by atoms with Crippen LogP contribution in [0.5, 0.6) is 0 Å². The van der Waals surface area contributed by atoms with Crippen molar-refractivity contribution in [1.82, 2.24) is 4.57 Å². The molecule has 1 aromatic heterocycles. The largest absolute Gasteiger partial charge is 0.481 e. The molecule has 0 radical (unpaired) electrons. The molecule has 1 aliphatic heterocycles. The van der Waals surface area contributed by atoms with Gasteiger partial charge in [0, 0.05) is 25.5 Å². The Labute approximate surface area is 122 Å². The number of amides is 1. The number of fused-ring (bicyclic) bond motifs is 1. The second kappa shape index (κ2) is 5.09. The summed E-state index contributed by atoms with van der Waals surface area (Å²) in [5, 5.41) is 9.31. The van der Waals surface area contributed by atoms with Gasteiger partial charge in [-0.25, -0.2) is 0 Å². The van der Waals surface area contributed by atoms with E-state index >= 15 is 0 Å². The van der Waals surface area contributed by atoms with Crippen LogP contribution in [0.4, 0.5) is 5.69 Å². The minimum absolute atomic E-state index is 0.166. The maximum absolute atomic E-state index is 12.7. The van der Waals surface area contributed by atoms with Crippen LogP contribution in [0.3, 0.4) is 0 Å². The van der Waals surface area contributed by atoms with Crippen LogP contribution in [0.15, 0.2) is 42.6 Å². The highest BCUT2D eigenvalue weighted by Crippen LogP contribution is 2.30. The van der Waals surface area contributed by atoms with Crippen molar-refractivity contribution in [2.75, 3.05) is 11.4 Å². The third-order valence-electron chi connectivity index (χ3n) is 3.91. The minimum Gasteiger partial charge on any atom is -0.481 e. The fraction of sp³-hybridized carbons (Fsp3) is 0.250. The molecule has 0 saturated heterocycles. The fourth-order valence-electron chi connectivity index (χ4n) is 2.77. The van der Waals surface area contributed by atoms with E-state index in [9.17, 15) is 14.7 Å². The van der Waals surface area contributed by atoms with Gasteiger partial charge in [-0.2, -0.15) is 0 Å². The molecular formula is C16H16N2O3. The Balaban J connectivity index is 2.02. The number of nitrogens with zero attached hydrogens (tertiary/aromatic N) is 2. The van der Waals surface area contributed by atoms with Crippen LogP contribution in [0.2, 0.25) is 0 Å². The van der Waals surface area contributed by atoms with Gasteiger partial charge in [0.05, 0.1) is 5.92 Å². The summed E-state index contributed by atoms with van der Waals surface area (Å²) in [6.07, 6.45) is 2.26. The van der Waals surface area contributed by atoms with Gasteiger partial charge in [-0.15, -0.1) is 0 Å². The van der Waals surface area contributed by atoms with Crippen LogP contribution < -0.4 is 4.90 Å². The van der Waals surface area contributed by atoms with Crippen LogP contribution in [0.25, 0.3) is 0 Å². The number of rotatable bonds is 2. The average molecular weight is 284 g/mol.